The fraction of sp³-hybridized carbons (Fsp3) is 0.269. The minimum absolute atomic E-state index is 0.0928. The van der Waals surface area contributed by atoms with Crippen molar-refractivity contribution in [2.24, 2.45) is 5.73 Å². The van der Waals surface area contributed by atoms with Gasteiger partial charge in [0.25, 0.3) is 15.9 Å². The number of likely N-dealkylation sites (tertiary alicyclic amines) is 1. The number of nitrogens with zero attached hydrogens (tertiary/aromatic N) is 1. The molecule has 1 fully saturated rings. The van der Waals surface area contributed by atoms with Crippen LogP contribution >= 0.6 is 0 Å². The van der Waals surface area contributed by atoms with Gasteiger partial charge in [-0.25, -0.2) is 8.42 Å². The van der Waals surface area contributed by atoms with Crippen LogP contribution < -0.4 is 15.2 Å². The van der Waals surface area contributed by atoms with Crippen molar-refractivity contribution in [1.82, 2.24) is 4.90 Å². The highest BCUT2D eigenvalue weighted by molar-refractivity contribution is 7.92. The first-order chi connectivity index (χ1) is 16.4. The number of benzene rings is 3. The molecule has 3 aromatic carbocycles. The highest BCUT2D eigenvalue weighted by Gasteiger charge is 2.44. The normalized spacial score (nSPS) is 16.7. The maximum absolute atomic E-state index is 13.2. The molecule has 0 saturated carbocycles. The van der Waals surface area contributed by atoms with Crippen LogP contribution in [0.15, 0.2) is 77.7 Å². The van der Waals surface area contributed by atoms with Gasteiger partial charge in [-0.15, -0.1) is 0 Å². The van der Waals surface area contributed by atoms with Gasteiger partial charge in [-0.2, -0.15) is 0 Å². The zero-order valence-corrected chi connectivity index (χ0v) is 19.6. The summed E-state index contributed by atoms with van der Waals surface area (Å²) in [5.74, 6) is 0.806. The molecule has 0 bridgehead atoms. The van der Waals surface area contributed by atoms with Crippen molar-refractivity contribution in [3.63, 3.8) is 0 Å². The number of amides is 1. The second-order valence-corrected chi connectivity index (χ2v) is 10.6. The summed E-state index contributed by atoms with van der Waals surface area (Å²) in [6.45, 7) is 2.32. The van der Waals surface area contributed by atoms with E-state index >= 15 is 0 Å². The highest BCUT2D eigenvalue weighted by Crippen LogP contribution is 2.46. The molecule has 1 spiro atoms. The molecular formula is C26H27N3O4S. The number of sulfonamides is 1. The van der Waals surface area contributed by atoms with Crippen LogP contribution in [0.3, 0.4) is 0 Å². The van der Waals surface area contributed by atoms with E-state index in [9.17, 15) is 13.2 Å². The molecule has 176 valence electrons. The molecule has 0 unspecified atom stereocenters. The first-order valence-corrected chi connectivity index (χ1v) is 12.8. The molecule has 2 aliphatic rings. The van der Waals surface area contributed by atoms with E-state index in [0.717, 1.165) is 24.2 Å². The lowest BCUT2D eigenvalue weighted by Crippen LogP contribution is -2.46. The van der Waals surface area contributed by atoms with Crippen molar-refractivity contribution in [2.45, 2.75) is 29.7 Å². The second kappa shape index (κ2) is 8.77. The topological polar surface area (TPSA) is 102 Å². The van der Waals surface area contributed by atoms with E-state index < -0.39 is 10.0 Å². The van der Waals surface area contributed by atoms with E-state index in [4.69, 9.17) is 10.5 Å². The van der Waals surface area contributed by atoms with Crippen molar-refractivity contribution >= 4 is 21.6 Å². The zero-order chi connectivity index (χ0) is 23.8. The number of anilines is 1. The van der Waals surface area contributed by atoms with Gasteiger partial charge in [0.1, 0.15) is 5.75 Å². The molecular weight excluding hydrogens is 450 g/mol. The second-order valence-electron chi connectivity index (χ2n) is 8.90. The van der Waals surface area contributed by atoms with Crippen LogP contribution in [0.5, 0.6) is 5.75 Å². The van der Waals surface area contributed by atoms with Gasteiger partial charge in [0.15, 0.2) is 0 Å². The summed E-state index contributed by atoms with van der Waals surface area (Å²) in [7, 11) is -3.73. The molecule has 0 aromatic heterocycles. The Balaban J connectivity index is 1.29. The molecule has 3 N–H and O–H groups in total. The van der Waals surface area contributed by atoms with Gasteiger partial charge in [-0.05, 0) is 54.8 Å². The Hall–Kier alpha value is -3.36. The molecule has 3 aromatic rings. The number of hydrogen-bond donors (Lipinski definition) is 2. The van der Waals surface area contributed by atoms with Crippen LogP contribution in [-0.2, 0) is 22.0 Å². The van der Waals surface area contributed by atoms with E-state index in [-0.39, 0.29) is 16.2 Å². The summed E-state index contributed by atoms with van der Waals surface area (Å²) in [5.41, 5.74) is 8.83. The van der Waals surface area contributed by atoms with Crippen LogP contribution in [0.1, 0.15) is 34.3 Å². The van der Waals surface area contributed by atoms with Crippen molar-refractivity contribution in [1.29, 1.82) is 0 Å². The van der Waals surface area contributed by atoms with Crippen molar-refractivity contribution in [2.75, 3.05) is 24.4 Å². The molecule has 2 heterocycles. The van der Waals surface area contributed by atoms with E-state index in [1.54, 1.807) is 42.5 Å². The standard InChI is InChI=1S/C26H27N3O4S/c27-17-19-9-10-24-23(15-19)26(18-33-24)11-13-29(14-12-26)25(30)20-5-4-6-21(16-20)28-34(31,32)22-7-2-1-3-8-22/h1-10,15-16,28H,11-14,17-18,27H2. The van der Waals surface area contributed by atoms with Crippen LogP contribution in [0.25, 0.3) is 0 Å². The van der Waals surface area contributed by atoms with Crippen LogP contribution in [-0.4, -0.2) is 38.9 Å². The SMILES string of the molecule is NCc1ccc2c(c1)C1(CCN(C(=O)c3cccc(NS(=O)(=O)c4ccccc4)c3)CC1)CO2. The number of ether oxygens (including phenoxy) is 1. The largest absolute Gasteiger partial charge is 0.492 e. The molecule has 34 heavy (non-hydrogen) atoms. The summed E-state index contributed by atoms with van der Waals surface area (Å²) in [6.07, 6.45) is 1.61. The average molecular weight is 478 g/mol. The third-order valence-corrected chi connectivity index (χ3v) is 8.18. The average Bonchev–Trinajstić information content (AvgIpc) is 3.21. The molecule has 7 nitrogen and oxygen atoms in total. The predicted octanol–water partition coefficient (Wildman–Crippen LogP) is 3.51. The van der Waals surface area contributed by atoms with E-state index in [1.165, 1.54) is 17.7 Å². The molecule has 0 radical (unpaired) electrons. The summed E-state index contributed by atoms with van der Waals surface area (Å²) in [5, 5.41) is 0. The van der Waals surface area contributed by atoms with Crippen LogP contribution in [0.4, 0.5) is 5.69 Å². The Labute approximate surface area is 199 Å². The lowest BCUT2D eigenvalue weighted by Gasteiger charge is -2.38. The maximum atomic E-state index is 13.2. The molecule has 1 amide bonds. The smallest absolute Gasteiger partial charge is 0.261 e. The maximum Gasteiger partial charge on any atom is 0.261 e. The number of piperidine rings is 1. The van der Waals surface area contributed by atoms with Crippen LogP contribution in [0.2, 0.25) is 0 Å². The van der Waals surface area contributed by atoms with Gasteiger partial charge in [0.05, 0.1) is 11.5 Å². The van der Waals surface area contributed by atoms with E-state index in [0.29, 0.717) is 37.5 Å². The Morgan fingerprint density at radius 3 is 2.50 bits per heavy atom. The van der Waals surface area contributed by atoms with Gasteiger partial charge < -0.3 is 15.4 Å². The molecule has 0 aliphatic carbocycles. The summed E-state index contributed by atoms with van der Waals surface area (Å²) < 4.78 is 33.8. The minimum atomic E-state index is -3.73. The fourth-order valence-electron chi connectivity index (χ4n) is 4.80. The van der Waals surface area contributed by atoms with Crippen LogP contribution in [0, 0.1) is 0 Å². The molecule has 2 aliphatic heterocycles. The molecule has 5 rings (SSSR count). The predicted molar refractivity (Wildman–Crippen MR) is 130 cm³/mol. The first kappa shape index (κ1) is 22.4. The number of hydrogen-bond acceptors (Lipinski definition) is 5. The summed E-state index contributed by atoms with van der Waals surface area (Å²) >= 11 is 0. The molecule has 1 saturated heterocycles. The number of nitrogens with one attached hydrogen (secondary N) is 1. The zero-order valence-electron chi connectivity index (χ0n) is 18.7. The number of rotatable bonds is 5. The molecule has 8 heteroatoms. The van der Waals surface area contributed by atoms with Gasteiger partial charge in [0.2, 0.25) is 0 Å². The third-order valence-electron chi connectivity index (χ3n) is 6.78. The van der Waals surface area contributed by atoms with Crippen molar-refractivity contribution in [3.8, 4) is 5.75 Å². The number of nitrogens with two attached hydrogens (primary N) is 1. The van der Waals surface area contributed by atoms with E-state index in [1.807, 2.05) is 17.0 Å². The number of carbonyl (C=O) groups is 1. The van der Waals surface area contributed by atoms with Gasteiger partial charge in [-0.3, -0.25) is 9.52 Å². The van der Waals surface area contributed by atoms with Crippen molar-refractivity contribution in [3.05, 3.63) is 89.5 Å². The minimum Gasteiger partial charge on any atom is -0.492 e. The summed E-state index contributed by atoms with van der Waals surface area (Å²) in [4.78, 5) is 15.2. The number of fused-ring (bicyclic) bond motifs is 2. The molecule has 0 atom stereocenters. The summed E-state index contributed by atoms with van der Waals surface area (Å²) in [6, 6.07) is 20.9. The number of carbonyl (C=O) groups excluding carboxylic acids is 1. The Kier molecular flexibility index (Phi) is 5.79. The third kappa shape index (κ3) is 4.15. The lowest BCUT2D eigenvalue weighted by molar-refractivity contribution is 0.0646. The Morgan fingerprint density at radius 2 is 1.76 bits per heavy atom. The van der Waals surface area contributed by atoms with Gasteiger partial charge in [-0.1, -0.05) is 36.4 Å². The monoisotopic (exact) mass is 477 g/mol. The van der Waals surface area contributed by atoms with E-state index in [2.05, 4.69) is 10.8 Å². The quantitative estimate of drug-likeness (QED) is 0.586. The van der Waals surface area contributed by atoms with Crippen molar-refractivity contribution < 1.29 is 17.9 Å². The first-order valence-electron chi connectivity index (χ1n) is 11.3. The fourth-order valence-corrected chi connectivity index (χ4v) is 5.87. The van der Waals surface area contributed by atoms with Gasteiger partial charge in [0, 0.05) is 41.9 Å². The highest BCUT2D eigenvalue weighted by atomic mass is 32.2. The Morgan fingerprint density at radius 1 is 1.00 bits per heavy atom. The Bertz CT molecular complexity index is 1320. The lowest BCUT2D eigenvalue weighted by atomic mass is 9.74. The van der Waals surface area contributed by atoms with Gasteiger partial charge >= 0.3 is 0 Å².